The maximum Gasteiger partial charge on any atom is 0.240 e. The summed E-state index contributed by atoms with van der Waals surface area (Å²) in [5, 5.41) is 12.8. The van der Waals surface area contributed by atoms with Crippen molar-refractivity contribution >= 4 is 5.91 Å². The first-order valence-corrected chi connectivity index (χ1v) is 5.75. The molecule has 2 rings (SSSR count). The molecule has 0 fully saturated rings. The van der Waals surface area contributed by atoms with E-state index in [0.717, 1.165) is 11.1 Å². The average Bonchev–Trinajstić information content (AvgIpc) is 2.54. The number of hydrogen-bond donors (Lipinski definition) is 3. The van der Waals surface area contributed by atoms with Crippen molar-refractivity contribution in [2.24, 2.45) is 5.73 Å². The molecule has 0 saturated heterocycles. The van der Waals surface area contributed by atoms with Gasteiger partial charge in [-0.15, -0.1) is 0 Å². The fourth-order valence-corrected chi connectivity index (χ4v) is 2.08. The zero-order valence-corrected chi connectivity index (χ0v) is 10.1. The number of benzene rings is 1. The topological polar surface area (TPSA) is 75.4 Å². The second-order valence-electron chi connectivity index (χ2n) is 5.14. The normalized spacial score (nSPS) is 23.3. The van der Waals surface area contributed by atoms with Gasteiger partial charge in [0.25, 0.3) is 0 Å². The molecule has 1 aliphatic carbocycles. The smallest absolute Gasteiger partial charge is 0.240 e. The number of amides is 1. The number of nitrogens with two attached hydrogens (primary N) is 1. The number of aliphatic hydroxyl groups excluding tert-OH is 1. The number of hydrogen-bond acceptors (Lipinski definition) is 3. The highest BCUT2D eigenvalue weighted by molar-refractivity contribution is 5.85. The largest absolute Gasteiger partial charge is 0.390 e. The molecule has 2 atom stereocenters. The fraction of sp³-hybridized carbons (Fsp3) is 0.462. The predicted octanol–water partition coefficient (Wildman–Crippen LogP) is 0.498. The SMILES string of the molecule is CC(C)(N)C(=O)N[C@H]1c2ccccc2C[C@H]1O. The van der Waals surface area contributed by atoms with Crippen LogP contribution in [0.5, 0.6) is 0 Å². The molecule has 4 N–H and O–H groups in total. The minimum atomic E-state index is -0.933. The lowest BCUT2D eigenvalue weighted by atomic mass is 10.0. The van der Waals surface area contributed by atoms with Crippen LogP contribution < -0.4 is 11.1 Å². The molecule has 4 heteroatoms. The highest BCUT2D eigenvalue weighted by Gasteiger charge is 2.34. The Balaban J connectivity index is 2.20. The standard InChI is InChI=1S/C13H18N2O2/c1-13(2,14)12(17)15-11-9-6-4-3-5-8(9)7-10(11)16/h3-6,10-11,16H,7,14H2,1-2H3,(H,15,17)/t10-,11+/m1/s1. The van der Waals surface area contributed by atoms with Crippen LogP contribution in [0.2, 0.25) is 0 Å². The van der Waals surface area contributed by atoms with Crippen LogP contribution in [-0.2, 0) is 11.2 Å². The monoisotopic (exact) mass is 234 g/mol. The highest BCUT2D eigenvalue weighted by Crippen LogP contribution is 2.31. The van der Waals surface area contributed by atoms with Crippen LogP contribution in [0, 0.1) is 0 Å². The molecule has 0 spiro atoms. The maximum absolute atomic E-state index is 11.8. The van der Waals surface area contributed by atoms with E-state index in [2.05, 4.69) is 5.32 Å². The minimum Gasteiger partial charge on any atom is -0.390 e. The van der Waals surface area contributed by atoms with Gasteiger partial charge in [-0.2, -0.15) is 0 Å². The Morgan fingerprint density at radius 3 is 2.76 bits per heavy atom. The van der Waals surface area contributed by atoms with Gasteiger partial charge in [-0.3, -0.25) is 4.79 Å². The lowest BCUT2D eigenvalue weighted by Crippen LogP contribution is -2.51. The van der Waals surface area contributed by atoms with Crippen LogP contribution in [0.1, 0.15) is 31.0 Å². The van der Waals surface area contributed by atoms with Gasteiger partial charge < -0.3 is 16.2 Å². The molecule has 1 aromatic rings. The Labute approximate surface area is 101 Å². The van der Waals surface area contributed by atoms with E-state index in [9.17, 15) is 9.90 Å². The highest BCUT2D eigenvalue weighted by atomic mass is 16.3. The number of aliphatic hydroxyl groups is 1. The van der Waals surface area contributed by atoms with Crippen LogP contribution in [0.3, 0.4) is 0 Å². The van der Waals surface area contributed by atoms with E-state index in [0.29, 0.717) is 6.42 Å². The van der Waals surface area contributed by atoms with E-state index in [-0.39, 0.29) is 11.9 Å². The summed E-state index contributed by atoms with van der Waals surface area (Å²) in [5.41, 5.74) is 6.86. The van der Waals surface area contributed by atoms with Crippen molar-refractivity contribution in [1.29, 1.82) is 0 Å². The van der Waals surface area contributed by atoms with Crippen LogP contribution >= 0.6 is 0 Å². The van der Waals surface area contributed by atoms with Crippen molar-refractivity contribution < 1.29 is 9.90 Å². The van der Waals surface area contributed by atoms with Crippen LogP contribution in [0.15, 0.2) is 24.3 Å². The van der Waals surface area contributed by atoms with Gasteiger partial charge in [0.1, 0.15) is 0 Å². The molecule has 0 heterocycles. The van der Waals surface area contributed by atoms with Crippen molar-refractivity contribution in [3.63, 3.8) is 0 Å². The van der Waals surface area contributed by atoms with E-state index in [1.807, 2.05) is 24.3 Å². The lowest BCUT2D eigenvalue weighted by Gasteiger charge is -2.24. The summed E-state index contributed by atoms with van der Waals surface area (Å²) in [4.78, 5) is 11.8. The van der Waals surface area contributed by atoms with Gasteiger partial charge in [-0.05, 0) is 25.0 Å². The molecule has 1 amide bonds. The zero-order chi connectivity index (χ0) is 12.6. The molecule has 0 unspecified atom stereocenters. The van der Waals surface area contributed by atoms with Gasteiger partial charge in [0, 0.05) is 6.42 Å². The molecule has 1 aliphatic rings. The molecular weight excluding hydrogens is 216 g/mol. The molecule has 0 bridgehead atoms. The number of nitrogens with one attached hydrogen (secondary N) is 1. The number of fused-ring (bicyclic) bond motifs is 1. The van der Waals surface area contributed by atoms with Crippen molar-refractivity contribution in [3.8, 4) is 0 Å². The first-order valence-electron chi connectivity index (χ1n) is 5.75. The summed E-state index contributed by atoms with van der Waals surface area (Å²) < 4.78 is 0. The quantitative estimate of drug-likeness (QED) is 0.697. The van der Waals surface area contributed by atoms with Crippen LogP contribution in [-0.4, -0.2) is 22.7 Å². The molecule has 4 nitrogen and oxygen atoms in total. The van der Waals surface area contributed by atoms with Gasteiger partial charge in [-0.1, -0.05) is 24.3 Å². The first kappa shape index (κ1) is 12.1. The van der Waals surface area contributed by atoms with Crippen molar-refractivity contribution in [2.75, 3.05) is 0 Å². The third-order valence-corrected chi connectivity index (χ3v) is 3.08. The molecule has 0 saturated carbocycles. The Kier molecular flexibility index (Phi) is 2.93. The van der Waals surface area contributed by atoms with Gasteiger partial charge in [0.15, 0.2) is 0 Å². The molecule has 17 heavy (non-hydrogen) atoms. The number of carbonyl (C=O) groups excluding carboxylic acids is 1. The van der Waals surface area contributed by atoms with Crippen molar-refractivity contribution in [3.05, 3.63) is 35.4 Å². The fourth-order valence-electron chi connectivity index (χ4n) is 2.08. The lowest BCUT2D eigenvalue weighted by molar-refractivity contribution is -0.126. The average molecular weight is 234 g/mol. The minimum absolute atomic E-state index is 0.252. The third-order valence-electron chi connectivity index (χ3n) is 3.08. The van der Waals surface area contributed by atoms with Gasteiger partial charge >= 0.3 is 0 Å². The van der Waals surface area contributed by atoms with Gasteiger partial charge in [-0.25, -0.2) is 0 Å². The summed E-state index contributed by atoms with van der Waals surface area (Å²) in [6.07, 6.45) is 0.00487. The molecular formula is C13H18N2O2. The summed E-state index contributed by atoms with van der Waals surface area (Å²) in [5.74, 6) is -0.252. The number of carbonyl (C=O) groups is 1. The predicted molar refractivity (Wildman–Crippen MR) is 65.3 cm³/mol. The first-order chi connectivity index (χ1) is 7.89. The van der Waals surface area contributed by atoms with E-state index in [1.165, 1.54) is 0 Å². The second kappa shape index (κ2) is 4.13. The summed E-state index contributed by atoms with van der Waals surface area (Å²) in [6, 6.07) is 7.39. The van der Waals surface area contributed by atoms with Crippen molar-refractivity contribution in [1.82, 2.24) is 5.32 Å². The molecule has 0 aromatic heterocycles. The van der Waals surface area contributed by atoms with Crippen LogP contribution in [0.4, 0.5) is 0 Å². The van der Waals surface area contributed by atoms with Gasteiger partial charge in [0.05, 0.1) is 17.7 Å². The zero-order valence-electron chi connectivity index (χ0n) is 10.1. The Morgan fingerprint density at radius 1 is 1.47 bits per heavy atom. The van der Waals surface area contributed by atoms with E-state index < -0.39 is 11.6 Å². The molecule has 0 aliphatic heterocycles. The molecule has 0 radical (unpaired) electrons. The van der Waals surface area contributed by atoms with Crippen molar-refractivity contribution in [2.45, 2.75) is 38.0 Å². The van der Waals surface area contributed by atoms with Crippen LogP contribution in [0.25, 0.3) is 0 Å². The molecule has 1 aromatic carbocycles. The van der Waals surface area contributed by atoms with Gasteiger partial charge in [0.2, 0.25) is 5.91 Å². The summed E-state index contributed by atoms with van der Waals surface area (Å²) in [7, 11) is 0. The van der Waals surface area contributed by atoms with E-state index in [1.54, 1.807) is 13.8 Å². The molecule has 92 valence electrons. The third kappa shape index (κ3) is 2.33. The van der Waals surface area contributed by atoms with E-state index >= 15 is 0 Å². The Hall–Kier alpha value is -1.39. The Morgan fingerprint density at radius 2 is 2.12 bits per heavy atom. The van der Waals surface area contributed by atoms with E-state index in [4.69, 9.17) is 5.73 Å². The summed E-state index contributed by atoms with van der Waals surface area (Å²) in [6.45, 7) is 3.30. The Bertz CT molecular complexity index is 437. The second-order valence-corrected chi connectivity index (χ2v) is 5.14. The number of rotatable bonds is 2. The summed E-state index contributed by atoms with van der Waals surface area (Å²) >= 11 is 0. The maximum atomic E-state index is 11.8.